The fraction of sp³-hybridized carbons (Fsp3) is 0.412. The minimum absolute atomic E-state index is 0.847. The molecule has 2 aromatic rings. The highest BCUT2D eigenvalue weighted by atomic mass is 14.4. The van der Waals surface area contributed by atoms with Crippen molar-refractivity contribution in [3.05, 3.63) is 48.0 Å². The molecule has 0 nitrogen and oxygen atoms in total. The molecule has 0 amide bonds. The standard InChI is InChI=1S/C17H18/c1-2-6-15-13(4-1)5-3-7-16(15)17-11-12-8-9-14(17)10-12/h1-7,12,14,17H,8-11H2. The van der Waals surface area contributed by atoms with Gasteiger partial charge in [0.2, 0.25) is 0 Å². The molecule has 17 heavy (non-hydrogen) atoms. The van der Waals surface area contributed by atoms with E-state index in [-0.39, 0.29) is 0 Å². The van der Waals surface area contributed by atoms with Crippen LogP contribution in [-0.4, -0.2) is 0 Å². The number of benzene rings is 2. The van der Waals surface area contributed by atoms with Gasteiger partial charge in [0.15, 0.2) is 0 Å². The molecule has 3 unspecified atom stereocenters. The fourth-order valence-electron chi connectivity index (χ4n) is 4.20. The summed E-state index contributed by atoms with van der Waals surface area (Å²) < 4.78 is 0. The molecule has 0 N–H and O–H groups in total. The van der Waals surface area contributed by atoms with E-state index >= 15 is 0 Å². The first-order chi connectivity index (χ1) is 8.42. The monoisotopic (exact) mass is 222 g/mol. The summed E-state index contributed by atoms with van der Waals surface area (Å²) in [5.74, 6) is 2.86. The normalized spacial score (nSPS) is 31.2. The fourth-order valence-corrected chi connectivity index (χ4v) is 4.20. The third-order valence-corrected chi connectivity index (χ3v) is 4.96. The van der Waals surface area contributed by atoms with Gasteiger partial charge in [0, 0.05) is 0 Å². The molecule has 3 atom stereocenters. The molecule has 0 heteroatoms. The lowest BCUT2D eigenvalue weighted by molar-refractivity contribution is 0.422. The van der Waals surface area contributed by atoms with Gasteiger partial charge in [-0.05, 0) is 53.4 Å². The van der Waals surface area contributed by atoms with Gasteiger partial charge in [-0.25, -0.2) is 0 Å². The second-order valence-corrected chi connectivity index (χ2v) is 5.85. The van der Waals surface area contributed by atoms with E-state index in [0.717, 1.165) is 17.8 Å². The lowest BCUT2D eigenvalue weighted by Gasteiger charge is -2.23. The maximum atomic E-state index is 2.37. The second-order valence-electron chi connectivity index (χ2n) is 5.85. The Bertz CT molecular complexity index is 549. The molecule has 2 aliphatic rings. The van der Waals surface area contributed by atoms with E-state index in [9.17, 15) is 0 Å². The highest BCUT2D eigenvalue weighted by Crippen LogP contribution is 2.53. The zero-order chi connectivity index (χ0) is 11.2. The number of fused-ring (bicyclic) bond motifs is 3. The van der Waals surface area contributed by atoms with E-state index < -0.39 is 0 Å². The Morgan fingerprint density at radius 3 is 2.53 bits per heavy atom. The van der Waals surface area contributed by atoms with Gasteiger partial charge in [0.05, 0.1) is 0 Å². The predicted octanol–water partition coefficient (Wildman–Crippen LogP) is 4.74. The minimum atomic E-state index is 0.847. The molecule has 4 rings (SSSR count). The Hall–Kier alpha value is -1.30. The minimum Gasteiger partial charge on any atom is -0.0616 e. The van der Waals surface area contributed by atoms with Gasteiger partial charge >= 0.3 is 0 Å². The molecular formula is C17H18. The second kappa shape index (κ2) is 3.60. The first kappa shape index (κ1) is 9.70. The molecular weight excluding hydrogens is 204 g/mol. The van der Waals surface area contributed by atoms with Crippen LogP contribution in [0.2, 0.25) is 0 Å². The van der Waals surface area contributed by atoms with E-state index in [2.05, 4.69) is 42.5 Å². The van der Waals surface area contributed by atoms with Crippen LogP contribution in [0.3, 0.4) is 0 Å². The van der Waals surface area contributed by atoms with E-state index in [0.29, 0.717) is 0 Å². The highest BCUT2D eigenvalue weighted by molar-refractivity contribution is 5.86. The molecule has 86 valence electrons. The lowest BCUT2D eigenvalue weighted by atomic mass is 9.81. The van der Waals surface area contributed by atoms with Crippen molar-refractivity contribution in [1.29, 1.82) is 0 Å². The van der Waals surface area contributed by atoms with Crippen LogP contribution in [0.25, 0.3) is 10.8 Å². The van der Waals surface area contributed by atoms with E-state index in [1.165, 1.54) is 36.5 Å². The largest absolute Gasteiger partial charge is 0.0616 e. The maximum Gasteiger partial charge on any atom is -0.0125 e. The van der Waals surface area contributed by atoms with Crippen molar-refractivity contribution >= 4 is 10.8 Å². The smallest absolute Gasteiger partial charge is 0.0125 e. The molecule has 2 aromatic carbocycles. The molecule has 0 aliphatic heterocycles. The van der Waals surface area contributed by atoms with Gasteiger partial charge in [0.1, 0.15) is 0 Å². The first-order valence-corrected chi connectivity index (χ1v) is 6.89. The topological polar surface area (TPSA) is 0 Å². The van der Waals surface area contributed by atoms with Crippen LogP contribution in [0.5, 0.6) is 0 Å². The molecule has 0 saturated heterocycles. The highest BCUT2D eigenvalue weighted by Gasteiger charge is 2.40. The summed E-state index contributed by atoms with van der Waals surface area (Å²) in [5, 5.41) is 2.90. The number of hydrogen-bond donors (Lipinski definition) is 0. The van der Waals surface area contributed by atoms with Crippen molar-refractivity contribution in [2.45, 2.75) is 31.6 Å². The quantitative estimate of drug-likeness (QED) is 0.653. The van der Waals surface area contributed by atoms with Crippen molar-refractivity contribution in [2.24, 2.45) is 11.8 Å². The van der Waals surface area contributed by atoms with Crippen molar-refractivity contribution in [1.82, 2.24) is 0 Å². The van der Waals surface area contributed by atoms with Crippen molar-refractivity contribution in [2.75, 3.05) is 0 Å². The zero-order valence-corrected chi connectivity index (χ0v) is 10.1. The van der Waals surface area contributed by atoms with Crippen LogP contribution >= 0.6 is 0 Å². The molecule has 2 fully saturated rings. The van der Waals surface area contributed by atoms with Gasteiger partial charge in [-0.2, -0.15) is 0 Å². The summed E-state index contributed by atoms with van der Waals surface area (Å²) >= 11 is 0. The summed E-state index contributed by atoms with van der Waals surface area (Å²) in [6.45, 7) is 0. The van der Waals surface area contributed by atoms with Gasteiger partial charge in [0.25, 0.3) is 0 Å². The molecule has 2 saturated carbocycles. The average Bonchev–Trinajstić information content (AvgIpc) is 3.00. The van der Waals surface area contributed by atoms with Crippen LogP contribution in [0.15, 0.2) is 42.5 Å². The summed E-state index contributed by atoms with van der Waals surface area (Å²) in [4.78, 5) is 0. The predicted molar refractivity (Wildman–Crippen MR) is 72.1 cm³/mol. The third-order valence-electron chi connectivity index (χ3n) is 4.96. The van der Waals surface area contributed by atoms with Crippen molar-refractivity contribution < 1.29 is 0 Å². The van der Waals surface area contributed by atoms with Gasteiger partial charge in [-0.15, -0.1) is 0 Å². The van der Waals surface area contributed by atoms with Gasteiger partial charge in [-0.3, -0.25) is 0 Å². The average molecular weight is 222 g/mol. The Labute approximate surface area is 103 Å². The van der Waals surface area contributed by atoms with Crippen LogP contribution in [0, 0.1) is 11.8 Å². The Morgan fingerprint density at radius 2 is 1.71 bits per heavy atom. The molecule has 0 heterocycles. The summed E-state index contributed by atoms with van der Waals surface area (Å²) in [6.07, 6.45) is 5.90. The Balaban J connectivity index is 1.85. The SMILES string of the molecule is c1ccc2c(C3CC4CCC3C4)cccc2c1. The maximum absolute atomic E-state index is 2.37. The molecule has 2 bridgehead atoms. The van der Waals surface area contributed by atoms with Crippen molar-refractivity contribution in [3.8, 4) is 0 Å². The zero-order valence-electron chi connectivity index (χ0n) is 10.1. The van der Waals surface area contributed by atoms with E-state index in [1.807, 2.05) is 0 Å². The lowest BCUT2D eigenvalue weighted by Crippen LogP contribution is -2.08. The van der Waals surface area contributed by atoms with Crippen LogP contribution < -0.4 is 0 Å². The molecule has 0 spiro atoms. The van der Waals surface area contributed by atoms with E-state index in [1.54, 1.807) is 5.56 Å². The van der Waals surface area contributed by atoms with Gasteiger partial charge in [-0.1, -0.05) is 48.9 Å². The van der Waals surface area contributed by atoms with Crippen LogP contribution in [-0.2, 0) is 0 Å². The van der Waals surface area contributed by atoms with Crippen LogP contribution in [0.1, 0.15) is 37.2 Å². The molecule has 0 aromatic heterocycles. The van der Waals surface area contributed by atoms with Crippen molar-refractivity contribution in [3.63, 3.8) is 0 Å². The number of hydrogen-bond acceptors (Lipinski definition) is 0. The molecule has 2 aliphatic carbocycles. The molecule has 0 radical (unpaired) electrons. The Morgan fingerprint density at radius 1 is 0.824 bits per heavy atom. The number of rotatable bonds is 1. The van der Waals surface area contributed by atoms with E-state index in [4.69, 9.17) is 0 Å². The summed E-state index contributed by atoms with van der Waals surface area (Å²) in [5.41, 5.74) is 1.62. The first-order valence-electron chi connectivity index (χ1n) is 6.89. The van der Waals surface area contributed by atoms with Gasteiger partial charge < -0.3 is 0 Å². The Kier molecular flexibility index (Phi) is 2.05. The van der Waals surface area contributed by atoms with Crippen LogP contribution in [0.4, 0.5) is 0 Å². The summed E-state index contributed by atoms with van der Waals surface area (Å²) in [6, 6.07) is 15.7. The summed E-state index contributed by atoms with van der Waals surface area (Å²) in [7, 11) is 0. The third kappa shape index (κ3) is 1.43.